The van der Waals surface area contributed by atoms with Crippen molar-refractivity contribution in [3.8, 4) is 0 Å². The third-order valence-electron chi connectivity index (χ3n) is 3.58. The van der Waals surface area contributed by atoms with E-state index in [-0.39, 0.29) is 0 Å². The summed E-state index contributed by atoms with van der Waals surface area (Å²) in [5.74, 6) is 0.455. The van der Waals surface area contributed by atoms with Gasteiger partial charge in [-0.1, -0.05) is 26.0 Å². The minimum atomic E-state index is -0.880. The van der Waals surface area contributed by atoms with Gasteiger partial charge in [0.1, 0.15) is 18.9 Å². The first-order chi connectivity index (χ1) is 10.2. The van der Waals surface area contributed by atoms with Crippen molar-refractivity contribution in [1.29, 1.82) is 0 Å². The van der Waals surface area contributed by atoms with E-state index in [4.69, 9.17) is 5.11 Å². The van der Waals surface area contributed by atoms with Crippen molar-refractivity contribution < 1.29 is 14.5 Å². The van der Waals surface area contributed by atoms with Crippen LogP contribution in [0, 0.1) is 0 Å². The molecule has 2 aromatic rings. The number of imidazole rings is 1. The Labute approximate surface area is 125 Å². The standard InChI is InChI=1S/C17H22N2O2/c1-3-5-16-18(10-4-2)11-12-19(16)13-14-6-8-15(9-7-14)17(20)21/h6-9,11-12H,3-5,10,13H2,1-2H3/p+1. The van der Waals surface area contributed by atoms with Crippen molar-refractivity contribution in [2.24, 2.45) is 0 Å². The molecule has 0 saturated carbocycles. The summed E-state index contributed by atoms with van der Waals surface area (Å²) in [6.07, 6.45) is 7.55. The van der Waals surface area contributed by atoms with E-state index >= 15 is 0 Å². The van der Waals surface area contributed by atoms with Crippen molar-refractivity contribution in [3.05, 3.63) is 53.6 Å². The van der Waals surface area contributed by atoms with E-state index in [9.17, 15) is 4.79 Å². The van der Waals surface area contributed by atoms with E-state index in [1.165, 1.54) is 5.82 Å². The van der Waals surface area contributed by atoms with Crippen LogP contribution in [0.5, 0.6) is 0 Å². The topological polar surface area (TPSA) is 46.1 Å². The fraction of sp³-hybridized carbons (Fsp3) is 0.412. The van der Waals surface area contributed by atoms with Crippen LogP contribution in [-0.4, -0.2) is 15.6 Å². The SMILES string of the molecule is CCCc1n(CCC)cc[n+]1Cc1ccc(C(=O)O)cc1. The van der Waals surface area contributed by atoms with Crippen molar-refractivity contribution in [1.82, 2.24) is 4.57 Å². The summed E-state index contributed by atoms with van der Waals surface area (Å²) in [7, 11) is 0. The zero-order chi connectivity index (χ0) is 15.2. The van der Waals surface area contributed by atoms with Gasteiger partial charge >= 0.3 is 5.97 Å². The van der Waals surface area contributed by atoms with Crippen LogP contribution in [0.2, 0.25) is 0 Å². The fourth-order valence-corrected chi connectivity index (χ4v) is 2.55. The quantitative estimate of drug-likeness (QED) is 0.796. The second kappa shape index (κ2) is 7.07. The number of hydrogen-bond donors (Lipinski definition) is 1. The van der Waals surface area contributed by atoms with Crippen molar-refractivity contribution in [3.63, 3.8) is 0 Å². The molecule has 0 fully saturated rings. The first-order valence-corrected chi connectivity index (χ1v) is 7.55. The lowest BCUT2D eigenvalue weighted by molar-refractivity contribution is -0.695. The Bertz CT molecular complexity index is 600. The maximum Gasteiger partial charge on any atom is 0.335 e. The third-order valence-corrected chi connectivity index (χ3v) is 3.58. The molecular weight excluding hydrogens is 264 g/mol. The monoisotopic (exact) mass is 287 g/mol. The van der Waals surface area contributed by atoms with Crippen LogP contribution >= 0.6 is 0 Å². The molecule has 0 radical (unpaired) electrons. The van der Waals surface area contributed by atoms with Crippen LogP contribution in [0.15, 0.2) is 36.7 Å². The van der Waals surface area contributed by atoms with Crippen molar-refractivity contribution >= 4 is 5.97 Å². The lowest BCUT2D eigenvalue weighted by Gasteiger charge is -2.04. The summed E-state index contributed by atoms with van der Waals surface area (Å²) in [6.45, 7) is 6.20. The molecule has 0 aliphatic carbocycles. The van der Waals surface area contributed by atoms with Gasteiger partial charge in [-0.3, -0.25) is 0 Å². The highest BCUT2D eigenvalue weighted by atomic mass is 16.4. The molecule has 0 unspecified atom stereocenters. The van der Waals surface area contributed by atoms with Gasteiger partial charge in [-0.2, -0.15) is 0 Å². The van der Waals surface area contributed by atoms with Crippen molar-refractivity contribution in [2.45, 2.75) is 46.2 Å². The van der Waals surface area contributed by atoms with E-state index in [2.05, 4.69) is 35.4 Å². The second-order valence-electron chi connectivity index (χ2n) is 5.29. The Morgan fingerprint density at radius 2 is 1.90 bits per heavy atom. The highest BCUT2D eigenvalue weighted by Gasteiger charge is 2.16. The van der Waals surface area contributed by atoms with E-state index < -0.39 is 5.97 Å². The molecule has 112 valence electrons. The number of nitrogens with zero attached hydrogens (tertiary/aromatic N) is 2. The smallest absolute Gasteiger partial charge is 0.335 e. The minimum absolute atomic E-state index is 0.334. The van der Waals surface area contributed by atoms with Gasteiger partial charge in [-0.25, -0.2) is 13.9 Å². The average Bonchev–Trinajstić information content (AvgIpc) is 2.83. The molecule has 1 aromatic carbocycles. The number of rotatable bonds is 7. The summed E-state index contributed by atoms with van der Waals surface area (Å²) >= 11 is 0. The van der Waals surface area contributed by atoms with E-state index in [0.717, 1.165) is 37.9 Å². The van der Waals surface area contributed by atoms with Crippen LogP contribution in [0.25, 0.3) is 0 Å². The summed E-state index contributed by atoms with van der Waals surface area (Å²) in [5, 5.41) is 8.93. The number of aromatic nitrogens is 2. The largest absolute Gasteiger partial charge is 0.478 e. The zero-order valence-electron chi connectivity index (χ0n) is 12.7. The van der Waals surface area contributed by atoms with Crippen molar-refractivity contribution in [2.75, 3.05) is 0 Å². The number of aryl methyl sites for hydroxylation is 1. The number of carboxylic acid groups (broad SMARTS) is 1. The molecule has 0 aliphatic rings. The second-order valence-corrected chi connectivity index (χ2v) is 5.29. The molecule has 0 amide bonds. The molecule has 1 aromatic heterocycles. The van der Waals surface area contributed by atoms with Gasteiger partial charge in [0.25, 0.3) is 5.82 Å². The molecule has 0 aliphatic heterocycles. The van der Waals surface area contributed by atoms with Gasteiger partial charge in [0.15, 0.2) is 0 Å². The maximum atomic E-state index is 10.9. The predicted octanol–water partition coefficient (Wildman–Crippen LogP) is 2.88. The Kier molecular flexibility index (Phi) is 5.14. The van der Waals surface area contributed by atoms with Crippen LogP contribution in [0.1, 0.15) is 48.4 Å². The summed E-state index contributed by atoms with van der Waals surface area (Å²) in [5.41, 5.74) is 1.46. The summed E-state index contributed by atoms with van der Waals surface area (Å²) < 4.78 is 4.57. The molecule has 0 bridgehead atoms. The predicted molar refractivity (Wildman–Crippen MR) is 81.4 cm³/mol. The molecule has 0 spiro atoms. The third kappa shape index (κ3) is 3.72. The molecule has 0 atom stereocenters. The van der Waals surface area contributed by atoms with Gasteiger partial charge in [-0.15, -0.1) is 0 Å². The molecule has 0 saturated heterocycles. The number of carbonyl (C=O) groups is 1. The van der Waals surface area contributed by atoms with Crippen LogP contribution < -0.4 is 4.57 Å². The summed E-state index contributed by atoms with van der Waals surface area (Å²) in [4.78, 5) is 10.9. The normalized spacial score (nSPS) is 10.8. The van der Waals surface area contributed by atoms with E-state index in [0.29, 0.717) is 5.56 Å². The molecule has 4 nitrogen and oxygen atoms in total. The highest BCUT2D eigenvalue weighted by molar-refractivity contribution is 5.87. The maximum absolute atomic E-state index is 10.9. The van der Waals surface area contributed by atoms with Crippen LogP contribution in [-0.2, 0) is 19.5 Å². The van der Waals surface area contributed by atoms with E-state index in [1.54, 1.807) is 12.1 Å². The summed E-state index contributed by atoms with van der Waals surface area (Å²) in [6, 6.07) is 7.12. The number of carboxylic acids is 1. The lowest BCUT2D eigenvalue weighted by atomic mass is 10.1. The van der Waals surface area contributed by atoms with Gasteiger partial charge in [0.2, 0.25) is 0 Å². The molecule has 4 heteroatoms. The van der Waals surface area contributed by atoms with Gasteiger partial charge in [-0.05, 0) is 30.5 Å². The lowest BCUT2D eigenvalue weighted by Crippen LogP contribution is -2.37. The Hall–Kier alpha value is -2.10. The minimum Gasteiger partial charge on any atom is -0.478 e. The van der Waals surface area contributed by atoms with E-state index in [1.807, 2.05) is 12.1 Å². The first kappa shape index (κ1) is 15.3. The fourth-order valence-electron chi connectivity index (χ4n) is 2.55. The first-order valence-electron chi connectivity index (χ1n) is 7.55. The Balaban J connectivity index is 2.20. The van der Waals surface area contributed by atoms with Gasteiger partial charge in [0, 0.05) is 6.42 Å². The highest BCUT2D eigenvalue weighted by Crippen LogP contribution is 2.07. The molecular formula is C17H23N2O2+. The Morgan fingerprint density at radius 3 is 2.48 bits per heavy atom. The van der Waals surface area contributed by atoms with Crippen LogP contribution in [0.3, 0.4) is 0 Å². The van der Waals surface area contributed by atoms with Gasteiger partial charge < -0.3 is 5.11 Å². The number of hydrogen-bond acceptors (Lipinski definition) is 1. The van der Waals surface area contributed by atoms with Crippen LogP contribution in [0.4, 0.5) is 0 Å². The molecule has 21 heavy (non-hydrogen) atoms. The molecule has 1 N–H and O–H groups in total. The zero-order valence-corrected chi connectivity index (χ0v) is 12.7. The molecule has 2 rings (SSSR count). The number of aromatic carboxylic acids is 1. The average molecular weight is 287 g/mol. The van der Waals surface area contributed by atoms with Gasteiger partial charge in [0.05, 0.1) is 12.1 Å². The number of benzene rings is 1. The Morgan fingerprint density at radius 1 is 1.19 bits per heavy atom. The molecule has 1 heterocycles.